The van der Waals surface area contributed by atoms with Gasteiger partial charge in [-0.25, -0.2) is 0 Å². The van der Waals surface area contributed by atoms with Gasteiger partial charge in [0.15, 0.2) is 0 Å². The van der Waals surface area contributed by atoms with Crippen LogP contribution >= 0.6 is 11.8 Å². The van der Waals surface area contributed by atoms with Crippen molar-refractivity contribution in [1.29, 1.82) is 0 Å². The maximum atomic E-state index is 4.39. The van der Waals surface area contributed by atoms with Crippen LogP contribution in [0.25, 0.3) is 0 Å². The summed E-state index contributed by atoms with van der Waals surface area (Å²) < 4.78 is 1.94. The molecule has 0 saturated carbocycles. The molecule has 0 aliphatic carbocycles. The molecule has 0 radical (unpaired) electrons. The third kappa shape index (κ3) is 3.85. The second-order valence-electron chi connectivity index (χ2n) is 4.63. The fourth-order valence-electron chi connectivity index (χ4n) is 1.94. The van der Waals surface area contributed by atoms with Crippen LogP contribution in [0.5, 0.6) is 0 Å². The van der Waals surface area contributed by atoms with Crippen molar-refractivity contribution in [2.75, 3.05) is 6.54 Å². The van der Waals surface area contributed by atoms with Crippen LogP contribution in [0.15, 0.2) is 40.3 Å². The van der Waals surface area contributed by atoms with E-state index in [1.807, 2.05) is 18.7 Å². The lowest BCUT2D eigenvalue weighted by Gasteiger charge is -2.09. The summed E-state index contributed by atoms with van der Waals surface area (Å²) in [5, 5.41) is 9.04. The molecule has 0 saturated heterocycles. The lowest BCUT2D eigenvalue weighted by molar-refractivity contribution is 0.668. The summed E-state index contributed by atoms with van der Waals surface area (Å²) in [6.07, 6.45) is 1.16. The molecule has 0 aliphatic heterocycles. The zero-order chi connectivity index (χ0) is 13.7. The molecule has 0 atom stereocenters. The van der Waals surface area contributed by atoms with E-state index in [-0.39, 0.29) is 0 Å². The average molecular weight is 275 g/mol. The fraction of sp³-hybridized carbons (Fsp3) is 0.400. The van der Waals surface area contributed by atoms with Gasteiger partial charge in [-0.1, -0.05) is 36.9 Å². The minimum atomic E-state index is 0.924. The number of nitrogens with one attached hydrogen (secondary N) is 1. The monoisotopic (exact) mass is 275 g/mol. The maximum absolute atomic E-state index is 4.39. The lowest BCUT2D eigenvalue weighted by atomic mass is 10.2. The van der Waals surface area contributed by atoms with Gasteiger partial charge in [-0.3, -0.25) is 4.68 Å². The minimum absolute atomic E-state index is 0.924. The second kappa shape index (κ2) is 6.78. The molecule has 3 nitrogen and oxygen atoms in total. The zero-order valence-corrected chi connectivity index (χ0v) is 12.6. The number of hydrogen-bond donors (Lipinski definition) is 1. The molecule has 1 aromatic carbocycles. The normalized spacial score (nSPS) is 10.9. The number of rotatable bonds is 6. The SMILES string of the molecule is CCCNCc1ccccc1Sc1cc(C)nn1C. The summed E-state index contributed by atoms with van der Waals surface area (Å²) in [6, 6.07) is 10.7. The van der Waals surface area contributed by atoms with Gasteiger partial charge < -0.3 is 5.32 Å². The number of nitrogens with zero attached hydrogens (tertiary/aromatic N) is 2. The maximum Gasteiger partial charge on any atom is 0.0987 e. The van der Waals surface area contributed by atoms with Crippen molar-refractivity contribution < 1.29 is 0 Å². The van der Waals surface area contributed by atoms with Crippen molar-refractivity contribution in [2.24, 2.45) is 7.05 Å². The van der Waals surface area contributed by atoms with Gasteiger partial charge in [0.25, 0.3) is 0 Å². The first-order valence-corrected chi connectivity index (χ1v) is 7.49. The molecule has 0 fully saturated rings. The van der Waals surface area contributed by atoms with Gasteiger partial charge in [0.1, 0.15) is 0 Å². The first-order chi connectivity index (χ1) is 9.20. The fourth-order valence-corrected chi connectivity index (χ4v) is 2.99. The predicted octanol–water partition coefficient (Wildman–Crippen LogP) is 3.38. The Hall–Kier alpha value is -1.26. The highest BCUT2D eigenvalue weighted by Crippen LogP contribution is 2.30. The standard InChI is InChI=1S/C15H21N3S/c1-4-9-16-11-13-7-5-6-8-14(13)19-15-10-12(2)17-18(15)3/h5-8,10,16H,4,9,11H2,1-3H3. The number of hydrogen-bond acceptors (Lipinski definition) is 3. The Bertz CT molecular complexity index is 534. The van der Waals surface area contributed by atoms with Gasteiger partial charge in [0, 0.05) is 18.5 Å². The molecule has 1 aromatic heterocycles. The lowest BCUT2D eigenvalue weighted by Crippen LogP contribution is -2.14. The van der Waals surface area contributed by atoms with E-state index in [4.69, 9.17) is 0 Å². The van der Waals surface area contributed by atoms with Crippen molar-refractivity contribution in [1.82, 2.24) is 15.1 Å². The van der Waals surface area contributed by atoms with Crippen LogP contribution in [0.3, 0.4) is 0 Å². The Morgan fingerprint density at radius 1 is 1.32 bits per heavy atom. The van der Waals surface area contributed by atoms with E-state index in [1.54, 1.807) is 11.8 Å². The summed E-state index contributed by atoms with van der Waals surface area (Å²) in [4.78, 5) is 1.30. The van der Waals surface area contributed by atoms with Crippen LogP contribution in [0, 0.1) is 6.92 Å². The van der Waals surface area contributed by atoms with Gasteiger partial charge in [-0.2, -0.15) is 5.10 Å². The van der Waals surface area contributed by atoms with E-state index in [1.165, 1.54) is 15.5 Å². The molecule has 1 heterocycles. The molecule has 1 N–H and O–H groups in total. The van der Waals surface area contributed by atoms with E-state index in [0.29, 0.717) is 0 Å². The molecule has 2 rings (SSSR count). The van der Waals surface area contributed by atoms with Crippen molar-refractivity contribution in [3.05, 3.63) is 41.6 Å². The van der Waals surface area contributed by atoms with E-state index < -0.39 is 0 Å². The summed E-state index contributed by atoms with van der Waals surface area (Å²) in [6.45, 7) is 6.20. The Morgan fingerprint density at radius 2 is 2.11 bits per heavy atom. The Balaban J connectivity index is 2.13. The summed E-state index contributed by atoms with van der Waals surface area (Å²) in [5.74, 6) is 0. The molecule has 0 bridgehead atoms. The minimum Gasteiger partial charge on any atom is -0.313 e. The van der Waals surface area contributed by atoms with Crippen LogP contribution in [0.4, 0.5) is 0 Å². The summed E-state index contributed by atoms with van der Waals surface area (Å²) >= 11 is 1.78. The average Bonchev–Trinajstić information content (AvgIpc) is 2.70. The Labute approximate surface area is 119 Å². The van der Waals surface area contributed by atoms with Crippen LogP contribution in [-0.4, -0.2) is 16.3 Å². The topological polar surface area (TPSA) is 29.9 Å². The third-order valence-corrected chi connectivity index (χ3v) is 4.10. The Morgan fingerprint density at radius 3 is 2.79 bits per heavy atom. The van der Waals surface area contributed by atoms with Gasteiger partial charge >= 0.3 is 0 Å². The van der Waals surface area contributed by atoms with Crippen LogP contribution in [0.2, 0.25) is 0 Å². The van der Waals surface area contributed by atoms with E-state index in [0.717, 1.165) is 25.2 Å². The van der Waals surface area contributed by atoms with Gasteiger partial charge in [0.2, 0.25) is 0 Å². The van der Waals surface area contributed by atoms with Gasteiger partial charge in [-0.05, 0) is 37.6 Å². The smallest absolute Gasteiger partial charge is 0.0987 e. The van der Waals surface area contributed by atoms with E-state index in [9.17, 15) is 0 Å². The summed E-state index contributed by atoms with van der Waals surface area (Å²) in [7, 11) is 1.99. The molecule has 0 amide bonds. The summed E-state index contributed by atoms with van der Waals surface area (Å²) in [5.41, 5.74) is 2.41. The van der Waals surface area contributed by atoms with Crippen LogP contribution in [0.1, 0.15) is 24.6 Å². The first-order valence-electron chi connectivity index (χ1n) is 6.68. The van der Waals surface area contributed by atoms with Crippen molar-refractivity contribution in [3.8, 4) is 0 Å². The largest absolute Gasteiger partial charge is 0.313 e. The molecule has 0 spiro atoms. The number of benzene rings is 1. The first kappa shape index (κ1) is 14.2. The van der Waals surface area contributed by atoms with Gasteiger partial charge in [0.05, 0.1) is 10.7 Å². The highest BCUT2D eigenvalue weighted by atomic mass is 32.2. The van der Waals surface area contributed by atoms with Crippen LogP contribution in [-0.2, 0) is 13.6 Å². The molecule has 0 unspecified atom stereocenters. The molecule has 0 aliphatic rings. The highest BCUT2D eigenvalue weighted by Gasteiger charge is 2.07. The van der Waals surface area contributed by atoms with Crippen molar-refractivity contribution >= 4 is 11.8 Å². The third-order valence-electron chi connectivity index (χ3n) is 2.89. The zero-order valence-electron chi connectivity index (χ0n) is 11.8. The predicted molar refractivity (Wildman–Crippen MR) is 80.5 cm³/mol. The molecular formula is C15H21N3S. The molecule has 4 heteroatoms. The quantitative estimate of drug-likeness (QED) is 0.820. The van der Waals surface area contributed by atoms with Crippen LogP contribution < -0.4 is 5.32 Å². The molecular weight excluding hydrogens is 254 g/mol. The number of aromatic nitrogens is 2. The van der Waals surface area contributed by atoms with Gasteiger partial charge in [-0.15, -0.1) is 0 Å². The molecule has 19 heavy (non-hydrogen) atoms. The van der Waals surface area contributed by atoms with E-state index >= 15 is 0 Å². The second-order valence-corrected chi connectivity index (χ2v) is 5.70. The molecule has 2 aromatic rings. The molecule has 102 valence electrons. The Kier molecular flexibility index (Phi) is 5.05. The van der Waals surface area contributed by atoms with Crippen molar-refractivity contribution in [3.63, 3.8) is 0 Å². The van der Waals surface area contributed by atoms with E-state index in [2.05, 4.69) is 47.7 Å². The van der Waals surface area contributed by atoms with Crippen molar-refractivity contribution in [2.45, 2.75) is 36.7 Å². The highest BCUT2D eigenvalue weighted by molar-refractivity contribution is 7.99. The number of aryl methyl sites for hydroxylation is 2.